The summed E-state index contributed by atoms with van der Waals surface area (Å²) in [5, 5.41) is 5.16. The fourth-order valence-electron chi connectivity index (χ4n) is 2.01. The Labute approximate surface area is 132 Å². The van der Waals surface area contributed by atoms with Crippen molar-refractivity contribution in [2.45, 2.75) is 20.3 Å². The molecule has 1 heterocycles. The molecule has 1 aromatic carbocycles. The van der Waals surface area contributed by atoms with Gasteiger partial charge < -0.3 is 10.5 Å². The smallest absolute Gasteiger partial charge is 0.359 e. The van der Waals surface area contributed by atoms with Gasteiger partial charge in [0.05, 0.1) is 17.3 Å². The molecule has 0 radical (unpaired) electrons. The number of hydrogen-bond donors (Lipinski definition) is 1. The first-order valence-electron chi connectivity index (χ1n) is 6.49. The molecule has 112 valence electrons. The van der Waals surface area contributed by atoms with E-state index in [0.29, 0.717) is 33.5 Å². The van der Waals surface area contributed by atoms with E-state index < -0.39 is 5.97 Å². The molecule has 2 rings (SSSR count). The molecule has 0 unspecified atom stereocenters. The van der Waals surface area contributed by atoms with Crippen LogP contribution < -0.4 is 5.73 Å². The van der Waals surface area contributed by atoms with E-state index in [-0.39, 0.29) is 12.3 Å². The molecule has 0 aliphatic carbocycles. The van der Waals surface area contributed by atoms with Gasteiger partial charge in [-0.25, -0.2) is 9.48 Å². The summed E-state index contributed by atoms with van der Waals surface area (Å²) in [6, 6.07) is 4.97. The summed E-state index contributed by atoms with van der Waals surface area (Å²) < 4.78 is 6.43. The van der Waals surface area contributed by atoms with Crippen LogP contribution in [0.25, 0.3) is 5.69 Å². The third-order valence-electron chi connectivity index (χ3n) is 2.98. The zero-order valence-corrected chi connectivity index (χ0v) is 13.2. The van der Waals surface area contributed by atoms with E-state index in [0.717, 1.165) is 0 Å². The Bertz CT molecular complexity index is 683. The van der Waals surface area contributed by atoms with Crippen LogP contribution in [-0.2, 0) is 11.2 Å². The lowest BCUT2D eigenvalue weighted by atomic mass is 10.2. The summed E-state index contributed by atoms with van der Waals surface area (Å²) in [5.74, 6) is -0.130. The topological polar surface area (TPSA) is 70.1 Å². The number of nitrogens with two attached hydrogens (primary N) is 1. The average molecular weight is 328 g/mol. The van der Waals surface area contributed by atoms with E-state index >= 15 is 0 Å². The number of hydrogen-bond acceptors (Lipinski definition) is 4. The Balaban J connectivity index is 2.57. The average Bonchev–Trinajstić information content (AvgIpc) is 2.76. The second-order valence-electron chi connectivity index (χ2n) is 4.29. The fourth-order valence-corrected chi connectivity index (χ4v) is 2.50. The molecule has 7 heteroatoms. The minimum absolute atomic E-state index is 0.211. The zero-order valence-electron chi connectivity index (χ0n) is 11.7. The number of carbonyl (C=O) groups is 1. The maximum atomic E-state index is 12.0. The number of carbonyl (C=O) groups excluding carboxylic acids is 1. The summed E-state index contributed by atoms with van der Waals surface area (Å²) >= 11 is 12.0. The predicted octanol–water partition coefficient (Wildman–Crippen LogP) is 3.50. The Kier molecular flexibility index (Phi) is 4.75. The van der Waals surface area contributed by atoms with Crippen LogP contribution in [0.3, 0.4) is 0 Å². The summed E-state index contributed by atoms with van der Waals surface area (Å²) in [7, 11) is 0. The molecular weight excluding hydrogens is 313 g/mol. The molecule has 0 atom stereocenters. The van der Waals surface area contributed by atoms with Gasteiger partial charge in [0, 0.05) is 10.6 Å². The van der Waals surface area contributed by atoms with Gasteiger partial charge in [0.2, 0.25) is 0 Å². The first-order chi connectivity index (χ1) is 9.99. The molecule has 0 spiro atoms. The van der Waals surface area contributed by atoms with Crippen molar-refractivity contribution in [2.24, 2.45) is 0 Å². The predicted molar refractivity (Wildman–Crippen MR) is 83.3 cm³/mol. The Morgan fingerprint density at radius 1 is 1.38 bits per heavy atom. The minimum atomic E-state index is -0.495. The Morgan fingerprint density at radius 3 is 2.67 bits per heavy atom. The number of esters is 1. The lowest BCUT2D eigenvalue weighted by molar-refractivity contribution is 0.0517. The summed E-state index contributed by atoms with van der Waals surface area (Å²) in [6.45, 7) is 3.90. The summed E-state index contributed by atoms with van der Waals surface area (Å²) in [6.07, 6.45) is 0.561. The molecule has 0 amide bonds. The van der Waals surface area contributed by atoms with Crippen LogP contribution in [0.4, 0.5) is 5.82 Å². The molecule has 21 heavy (non-hydrogen) atoms. The number of ether oxygens (including phenoxy) is 1. The first kappa shape index (κ1) is 15.7. The number of rotatable bonds is 4. The molecule has 0 saturated carbocycles. The van der Waals surface area contributed by atoms with Gasteiger partial charge in [-0.05, 0) is 31.5 Å². The number of nitrogen functional groups attached to an aromatic ring is 1. The van der Waals surface area contributed by atoms with E-state index in [2.05, 4.69) is 5.10 Å². The van der Waals surface area contributed by atoms with E-state index in [4.69, 9.17) is 33.7 Å². The molecule has 5 nitrogen and oxygen atoms in total. The Morgan fingerprint density at radius 2 is 2.10 bits per heavy atom. The first-order valence-corrected chi connectivity index (χ1v) is 7.25. The second kappa shape index (κ2) is 6.37. The van der Waals surface area contributed by atoms with Crippen molar-refractivity contribution in [1.82, 2.24) is 9.78 Å². The van der Waals surface area contributed by atoms with Crippen LogP contribution in [0.5, 0.6) is 0 Å². The normalized spacial score (nSPS) is 10.7. The SMILES string of the molecule is CCOC(=O)c1nn(-c2ccc(Cl)cc2Cl)c(N)c1CC. The molecule has 0 aliphatic rings. The van der Waals surface area contributed by atoms with Gasteiger partial charge in [0.1, 0.15) is 5.82 Å². The van der Waals surface area contributed by atoms with Crippen molar-refractivity contribution in [3.05, 3.63) is 39.5 Å². The van der Waals surface area contributed by atoms with Crippen LogP contribution >= 0.6 is 23.2 Å². The van der Waals surface area contributed by atoms with Crippen LogP contribution in [0.1, 0.15) is 29.9 Å². The van der Waals surface area contributed by atoms with Crippen molar-refractivity contribution < 1.29 is 9.53 Å². The van der Waals surface area contributed by atoms with Gasteiger partial charge in [-0.15, -0.1) is 0 Å². The third kappa shape index (κ3) is 2.99. The van der Waals surface area contributed by atoms with E-state index in [1.807, 2.05) is 6.92 Å². The molecule has 2 aromatic rings. The molecular formula is C14H15Cl2N3O2. The number of aromatic nitrogens is 2. The molecule has 0 saturated heterocycles. The number of anilines is 1. The van der Waals surface area contributed by atoms with Crippen molar-refractivity contribution in [3.63, 3.8) is 0 Å². The highest BCUT2D eigenvalue weighted by molar-refractivity contribution is 6.35. The van der Waals surface area contributed by atoms with E-state index in [1.165, 1.54) is 4.68 Å². The largest absolute Gasteiger partial charge is 0.461 e. The van der Waals surface area contributed by atoms with Gasteiger partial charge >= 0.3 is 5.97 Å². The van der Waals surface area contributed by atoms with Crippen LogP contribution in [-0.4, -0.2) is 22.4 Å². The maximum absolute atomic E-state index is 12.0. The third-order valence-corrected chi connectivity index (χ3v) is 3.52. The molecule has 2 N–H and O–H groups in total. The maximum Gasteiger partial charge on any atom is 0.359 e. The van der Waals surface area contributed by atoms with Crippen LogP contribution in [0, 0.1) is 0 Å². The molecule has 0 fully saturated rings. The van der Waals surface area contributed by atoms with E-state index in [1.54, 1.807) is 25.1 Å². The van der Waals surface area contributed by atoms with Gasteiger partial charge in [0.25, 0.3) is 0 Å². The van der Waals surface area contributed by atoms with Gasteiger partial charge in [-0.1, -0.05) is 30.1 Å². The minimum Gasteiger partial charge on any atom is -0.461 e. The number of halogens is 2. The molecule has 1 aromatic heterocycles. The molecule has 0 bridgehead atoms. The van der Waals surface area contributed by atoms with Crippen LogP contribution in [0.15, 0.2) is 18.2 Å². The number of benzene rings is 1. The fraction of sp³-hybridized carbons (Fsp3) is 0.286. The monoisotopic (exact) mass is 327 g/mol. The van der Waals surface area contributed by atoms with Crippen molar-refractivity contribution in [2.75, 3.05) is 12.3 Å². The number of nitrogens with zero attached hydrogens (tertiary/aromatic N) is 2. The highest BCUT2D eigenvalue weighted by atomic mass is 35.5. The Hall–Kier alpha value is -1.72. The van der Waals surface area contributed by atoms with E-state index in [9.17, 15) is 4.79 Å². The molecule has 0 aliphatic heterocycles. The van der Waals surface area contributed by atoms with Gasteiger partial charge in [0.15, 0.2) is 5.69 Å². The summed E-state index contributed by atoms with van der Waals surface area (Å²) in [5.41, 5.74) is 7.50. The van der Waals surface area contributed by atoms with Gasteiger partial charge in [-0.2, -0.15) is 5.10 Å². The highest BCUT2D eigenvalue weighted by Crippen LogP contribution is 2.28. The summed E-state index contributed by atoms with van der Waals surface area (Å²) in [4.78, 5) is 12.0. The van der Waals surface area contributed by atoms with Gasteiger partial charge in [-0.3, -0.25) is 0 Å². The lowest BCUT2D eigenvalue weighted by Gasteiger charge is -2.07. The van der Waals surface area contributed by atoms with Crippen molar-refractivity contribution in [1.29, 1.82) is 0 Å². The van der Waals surface area contributed by atoms with Crippen molar-refractivity contribution >= 4 is 35.0 Å². The quantitative estimate of drug-likeness (QED) is 0.872. The lowest BCUT2D eigenvalue weighted by Crippen LogP contribution is -2.08. The highest BCUT2D eigenvalue weighted by Gasteiger charge is 2.22. The van der Waals surface area contributed by atoms with Crippen LogP contribution in [0.2, 0.25) is 10.0 Å². The standard InChI is InChI=1S/C14H15Cl2N3O2/c1-3-9-12(14(20)21-4-2)18-19(13(9)17)11-6-5-8(15)7-10(11)16/h5-7H,3-4,17H2,1-2H3. The van der Waals surface area contributed by atoms with Crippen molar-refractivity contribution in [3.8, 4) is 5.69 Å². The second-order valence-corrected chi connectivity index (χ2v) is 5.14. The zero-order chi connectivity index (χ0) is 15.6.